The van der Waals surface area contributed by atoms with Crippen LogP contribution in [0.1, 0.15) is 20.8 Å². The number of esters is 1. The minimum atomic E-state index is -0.633. The molecule has 0 aliphatic carbocycles. The molecule has 0 bridgehead atoms. The number of nitrogens with zero attached hydrogens (tertiary/aromatic N) is 1. The van der Waals surface area contributed by atoms with Crippen molar-refractivity contribution in [2.24, 2.45) is 0 Å². The van der Waals surface area contributed by atoms with E-state index < -0.39 is 10.9 Å². The molecule has 25 heavy (non-hydrogen) atoms. The number of nitrogens with one attached hydrogen (secondary N) is 2. The maximum atomic E-state index is 12.2. The summed E-state index contributed by atoms with van der Waals surface area (Å²) in [6.45, 7) is 0. The third-order valence-corrected chi connectivity index (χ3v) is 3.59. The molecule has 1 heterocycles. The summed E-state index contributed by atoms with van der Waals surface area (Å²) in [6, 6.07) is 11.8. The van der Waals surface area contributed by atoms with Crippen molar-refractivity contribution in [3.05, 3.63) is 69.9 Å². The summed E-state index contributed by atoms with van der Waals surface area (Å²) in [5.41, 5.74) is 1.15. The highest BCUT2D eigenvalue weighted by Gasteiger charge is 2.14. The largest absolute Gasteiger partial charge is 0.422 e. The molecule has 3 rings (SSSR count). The van der Waals surface area contributed by atoms with Gasteiger partial charge in [-0.15, -0.1) is 0 Å². The lowest BCUT2D eigenvalue weighted by atomic mass is 10.2. The van der Waals surface area contributed by atoms with E-state index in [9.17, 15) is 19.7 Å². The van der Waals surface area contributed by atoms with Gasteiger partial charge in [0.15, 0.2) is 0 Å². The van der Waals surface area contributed by atoms with Crippen LogP contribution in [-0.2, 0) is 0 Å². The maximum Gasteiger partial charge on any atom is 0.360 e. The Hall–Kier alpha value is -3.68. The quantitative estimate of drug-likeness (QED) is 0.328. The zero-order valence-corrected chi connectivity index (χ0v) is 13.1. The average molecular weight is 339 g/mol. The van der Waals surface area contributed by atoms with Crippen LogP contribution >= 0.6 is 0 Å². The molecule has 2 aromatic carbocycles. The fourth-order valence-corrected chi connectivity index (χ4v) is 2.32. The summed E-state index contributed by atoms with van der Waals surface area (Å²) in [5, 5.41) is 13.8. The molecule has 0 spiro atoms. The van der Waals surface area contributed by atoms with Crippen molar-refractivity contribution < 1.29 is 19.2 Å². The minimum Gasteiger partial charge on any atom is -0.422 e. The van der Waals surface area contributed by atoms with Crippen LogP contribution < -0.4 is 10.1 Å². The Morgan fingerprint density at radius 3 is 2.48 bits per heavy atom. The minimum absolute atomic E-state index is 0.0591. The van der Waals surface area contributed by atoms with E-state index in [2.05, 4.69) is 10.3 Å². The number of nitro benzene ring substituents is 1. The van der Waals surface area contributed by atoms with Crippen molar-refractivity contribution in [2.75, 3.05) is 7.05 Å². The lowest BCUT2D eigenvalue weighted by molar-refractivity contribution is -0.384. The van der Waals surface area contributed by atoms with Gasteiger partial charge in [0.2, 0.25) is 0 Å². The first-order valence-electron chi connectivity index (χ1n) is 7.29. The fraction of sp³-hybridized carbons (Fsp3) is 0.0588. The van der Waals surface area contributed by atoms with E-state index in [1.807, 2.05) is 0 Å². The van der Waals surface area contributed by atoms with Gasteiger partial charge >= 0.3 is 5.97 Å². The van der Waals surface area contributed by atoms with Crippen LogP contribution in [0.15, 0.2) is 48.5 Å². The van der Waals surface area contributed by atoms with Gasteiger partial charge in [-0.2, -0.15) is 0 Å². The van der Waals surface area contributed by atoms with Crippen LogP contribution in [-0.4, -0.2) is 28.8 Å². The highest BCUT2D eigenvalue weighted by Crippen LogP contribution is 2.22. The predicted molar refractivity (Wildman–Crippen MR) is 89.7 cm³/mol. The van der Waals surface area contributed by atoms with Gasteiger partial charge in [-0.05, 0) is 36.4 Å². The lowest BCUT2D eigenvalue weighted by Crippen LogP contribution is -2.17. The normalized spacial score (nSPS) is 10.4. The first-order valence-corrected chi connectivity index (χ1v) is 7.29. The Labute approximate surface area is 141 Å². The van der Waals surface area contributed by atoms with Crippen molar-refractivity contribution in [2.45, 2.75) is 0 Å². The molecule has 8 heteroatoms. The van der Waals surface area contributed by atoms with Gasteiger partial charge in [-0.25, -0.2) is 4.79 Å². The molecule has 0 aliphatic heterocycles. The summed E-state index contributed by atoms with van der Waals surface area (Å²) in [5.74, 6) is -0.594. The van der Waals surface area contributed by atoms with Crippen LogP contribution in [0, 0.1) is 10.1 Å². The number of aromatic nitrogens is 1. The molecule has 0 fully saturated rings. The average Bonchev–Trinajstić information content (AvgIpc) is 3.05. The molecular formula is C17H13N3O5. The summed E-state index contributed by atoms with van der Waals surface area (Å²) in [4.78, 5) is 36.8. The Morgan fingerprint density at radius 2 is 1.84 bits per heavy atom. The predicted octanol–water partition coefficient (Wildman–Crippen LogP) is 2.65. The van der Waals surface area contributed by atoms with Crippen molar-refractivity contribution in [3.8, 4) is 5.75 Å². The standard InChI is InChI=1S/C17H13N3O5/c1-18-16(21)10-2-5-13(6-3-10)25-17(22)15-9-11-8-12(20(23)24)4-7-14(11)19-15/h2-9,19H,1H3,(H,18,21). The molecular weight excluding hydrogens is 326 g/mol. The van der Waals surface area contributed by atoms with Crippen LogP contribution in [0.5, 0.6) is 5.75 Å². The van der Waals surface area contributed by atoms with Gasteiger partial charge in [-0.1, -0.05) is 0 Å². The molecule has 2 N–H and O–H groups in total. The molecule has 0 atom stereocenters. The van der Waals surface area contributed by atoms with Crippen molar-refractivity contribution >= 4 is 28.5 Å². The van der Waals surface area contributed by atoms with Gasteiger partial charge in [0.1, 0.15) is 11.4 Å². The number of H-pyrrole nitrogens is 1. The second-order valence-corrected chi connectivity index (χ2v) is 5.20. The van der Waals surface area contributed by atoms with E-state index in [4.69, 9.17) is 4.74 Å². The molecule has 0 unspecified atom stereocenters. The number of benzene rings is 2. The second kappa shape index (κ2) is 6.44. The lowest BCUT2D eigenvalue weighted by Gasteiger charge is -2.04. The smallest absolute Gasteiger partial charge is 0.360 e. The van der Waals surface area contributed by atoms with Gasteiger partial charge in [0, 0.05) is 35.6 Å². The van der Waals surface area contributed by atoms with E-state index in [0.717, 1.165) is 0 Å². The fourth-order valence-electron chi connectivity index (χ4n) is 2.32. The van der Waals surface area contributed by atoms with Gasteiger partial charge in [0.05, 0.1) is 4.92 Å². The van der Waals surface area contributed by atoms with E-state index in [1.165, 1.54) is 55.6 Å². The first-order chi connectivity index (χ1) is 12.0. The number of nitro groups is 1. The number of hydrogen-bond donors (Lipinski definition) is 2. The molecule has 8 nitrogen and oxygen atoms in total. The van der Waals surface area contributed by atoms with Crippen molar-refractivity contribution in [3.63, 3.8) is 0 Å². The molecule has 0 saturated carbocycles. The highest BCUT2D eigenvalue weighted by molar-refractivity contribution is 5.97. The molecule has 1 aromatic heterocycles. The SMILES string of the molecule is CNC(=O)c1ccc(OC(=O)c2cc3cc([N+](=O)[O-])ccc3[nH]2)cc1. The number of carbonyl (C=O) groups is 2. The third-order valence-electron chi connectivity index (χ3n) is 3.59. The van der Waals surface area contributed by atoms with Crippen LogP contribution in [0.25, 0.3) is 10.9 Å². The monoisotopic (exact) mass is 339 g/mol. The van der Waals surface area contributed by atoms with Crippen LogP contribution in [0.2, 0.25) is 0 Å². The molecule has 0 radical (unpaired) electrons. The number of rotatable bonds is 4. The van der Waals surface area contributed by atoms with E-state index in [1.54, 1.807) is 0 Å². The number of hydrogen-bond acceptors (Lipinski definition) is 5. The number of amides is 1. The summed E-state index contributed by atoms with van der Waals surface area (Å²) in [6.07, 6.45) is 0. The summed E-state index contributed by atoms with van der Waals surface area (Å²) in [7, 11) is 1.52. The highest BCUT2D eigenvalue weighted by atomic mass is 16.6. The van der Waals surface area contributed by atoms with Crippen molar-refractivity contribution in [1.29, 1.82) is 0 Å². The topological polar surface area (TPSA) is 114 Å². The van der Waals surface area contributed by atoms with Gasteiger partial charge < -0.3 is 15.0 Å². The summed E-state index contributed by atoms with van der Waals surface area (Å²) >= 11 is 0. The number of ether oxygens (including phenoxy) is 1. The van der Waals surface area contributed by atoms with Gasteiger partial charge in [0.25, 0.3) is 11.6 Å². The Kier molecular flexibility index (Phi) is 4.17. The molecule has 1 amide bonds. The Balaban J connectivity index is 1.80. The zero-order valence-electron chi connectivity index (χ0n) is 13.1. The molecule has 126 valence electrons. The van der Waals surface area contributed by atoms with E-state index in [-0.39, 0.29) is 23.0 Å². The Morgan fingerprint density at radius 1 is 1.12 bits per heavy atom. The van der Waals surface area contributed by atoms with Crippen LogP contribution in [0.4, 0.5) is 5.69 Å². The van der Waals surface area contributed by atoms with E-state index in [0.29, 0.717) is 16.5 Å². The van der Waals surface area contributed by atoms with E-state index >= 15 is 0 Å². The third kappa shape index (κ3) is 3.32. The first kappa shape index (κ1) is 16.2. The number of fused-ring (bicyclic) bond motifs is 1. The summed E-state index contributed by atoms with van der Waals surface area (Å²) < 4.78 is 5.24. The number of non-ortho nitro benzene ring substituents is 1. The molecule has 0 aliphatic rings. The van der Waals surface area contributed by atoms with Crippen LogP contribution in [0.3, 0.4) is 0 Å². The van der Waals surface area contributed by atoms with Gasteiger partial charge in [-0.3, -0.25) is 14.9 Å². The number of aromatic amines is 1. The second-order valence-electron chi connectivity index (χ2n) is 5.20. The molecule has 0 saturated heterocycles. The zero-order chi connectivity index (χ0) is 18.0. The van der Waals surface area contributed by atoms with Crippen molar-refractivity contribution in [1.82, 2.24) is 10.3 Å². The molecule has 3 aromatic rings. The maximum absolute atomic E-state index is 12.2. The number of carbonyl (C=O) groups excluding carboxylic acids is 2. The Bertz CT molecular complexity index is 976.